The van der Waals surface area contributed by atoms with E-state index in [4.69, 9.17) is 0 Å². The van der Waals surface area contributed by atoms with E-state index in [2.05, 4.69) is 15.3 Å². The number of alkyl halides is 3. The molecule has 0 spiro atoms. The predicted octanol–water partition coefficient (Wildman–Crippen LogP) is 4.66. The summed E-state index contributed by atoms with van der Waals surface area (Å²) in [6, 6.07) is 10.1. The fourth-order valence-electron chi connectivity index (χ4n) is 2.87. The molecule has 0 atom stereocenters. The van der Waals surface area contributed by atoms with Gasteiger partial charge in [0.25, 0.3) is 11.2 Å². The SMILES string of the molecule is CCc1cc(=O)[nH]c(-c2cccc(NC(=O)CSc3ccc(C(F)(F)F)cc3[N+](=O)[O-])c2)n1. The number of thioether (sulfide) groups is 1. The Balaban J connectivity index is 1.72. The number of nitro benzene ring substituents is 1. The molecule has 0 fully saturated rings. The van der Waals surface area contributed by atoms with Crippen LogP contribution < -0.4 is 10.9 Å². The minimum Gasteiger partial charge on any atom is -0.325 e. The van der Waals surface area contributed by atoms with Gasteiger partial charge in [-0.1, -0.05) is 19.1 Å². The number of aromatic nitrogens is 2. The Morgan fingerprint density at radius 1 is 1.21 bits per heavy atom. The number of hydrogen-bond donors (Lipinski definition) is 2. The van der Waals surface area contributed by atoms with Gasteiger partial charge in [0.05, 0.1) is 21.1 Å². The third kappa shape index (κ3) is 6.19. The Morgan fingerprint density at radius 3 is 2.64 bits per heavy atom. The van der Waals surface area contributed by atoms with Crippen molar-refractivity contribution in [2.45, 2.75) is 24.4 Å². The van der Waals surface area contributed by atoms with Crippen LogP contribution in [0.25, 0.3) is 11.4 Å². The highest BCUT2D eigenvalue weighted by Gasteiger charge is 2.33. The Hall–Kier alpha value is -3.67. The first-order valence-electron chi connectivity index (χ1n) is 9.55. The third-order valence-corrected chi connectivity index (χ3v) is 5.48. The number of halogens is 3. The van der Waals surface area contributed by atoms with E-state index >= 15 is 0 Å². The second-order valence-electron chi connectivity index (χ2n) is 6.79. The number of nitro groups is 1. The van der Waals surface area contributed by atoms with Crippen LogP contribution in [-0.2, 0) is 17.4 Å². The van der Waals surface area contributed by atoms with Crippen molar-refractivity contribution in [2.24, 2.45) is 0 Å². The standard InChI is InChI=1S/C21H17F3N4O4S/c1-2-14-10-18(29)27-20(26-14)12-4-3-5-15(8-12)25-19(30)11-33-17-7-6-13(21(22,23)24)9-16(17)28(31)32/h3-10H,2,11H2,1H3,(H,25,30)(H,26,27,29). The minimum atomic E-state index is -4.72. The van der Waals surface area contributed by atoms with E-state index in [0.29, 0.717) is 35.3 Å². The molecule has 8 nitrogen and oxygen atoms in total. The number of nitrogens with one attached hydrogen (secondary N) is 2. The lowest BCUT2D eigenvalue weighted by atomic mass is 10.2. The predicted molar refractivity (Wildman–Crippen MR) is 117 cm³/mol. The van der Waals surface area contributed by atoms with Gasteiger partial charge in [-0.3, -0.25) is 19.7 Å². The normalized spacial score (nSPS) is 11.3. The topological polar surface area (TPSA) is 118 Å². The van der Waals surface area contributed by atoms with Crippen LogP contribution in [0.15, 0.2) is 58.2 Å². The van der Waals surface area contributed by atoms with Crippen molar-refractivity contribution in [3.05, 3.63) is 80.3 Å². The van der Waals surface area contributed by atoms with E-state index in [1.807, 2.05) is 6.92 Å². The number of benzene rings is 2. The molecule has 2 aromatic carbocycles. The molecule has 1 aromatic heterocycles. The maximum absolute atomic E-state index is 12.8. The molecule has 3 aromatic rings. The molecule has 0 aliphatic carbocycles. The van der Waals surface area contributed by atoms with Gasteiger partial charge in [0.2, 0.25) is 5.91 Å². The van der Waals surface area contributed by atoms with Gasteiger partial charge < -0.3 is 10.3 Å². The lowest BCUT2D eigenvalue weighted by molar-refractivity contribution is -0.388. The van der Waals surface area contributed by atoms with Crippen LogP contribution in [0.3, 0.4) is 0 Å². The monoisotopic (exact) mass is 478 g/mol. The number of aromatic amines is 1. The van der Waals surface area contributed by atoms with Crippen LogP contribution in [0.5, 0.6) is 0 Å². The highest BCUT2D eigenvalue weighted by atomic mass is 32.2. The van der Waals surface area contributed by atoms with Gasteiger partial charge in [0.1, 0.15) is 5.82 Å². The molecule has 0 unspecified atom stereocenters. The molecule has 33 heavy (non-hydrogen) atoms. The summed E-state index contributed by atoms with van der Waals surface area (Å²) in [5.41, 5.74) is -0.608. The Bertz CT molecular complexity index is 1260. The van der Waals surface area contributed by atoms with Crippen molar-refractivity contribution in [2.75, 3.05) is 11.1 Å². The fourth-order valence-corrected chi connectivity index (χ4v) is 3.67. The molecule has 0 saturated carbocycles. The number of anilines is 1. The van der Waals surface area contributed by atoms with Gasteiger partial charge in [0, 0.05) is 29.1 Å². The molecule has 0 radical (unpaired) electrons. The molecule has 0 aliphatic heterocycles. The van der Waals surface area contributed by atoms with Crippen LogP contribution in [0.2, 0.25) is 0 Å². The first-order valence-corrected chi connectivity index (χ1v) is 10.5. The zero-order valence-corrected chi connectivity index (χ0v) is 17.9. The molecule has 1 amide bonds. The summed E-state index contributed by atoms with van der Waals surface area (Å²) in [6.07, 6.45) is -4.15. The average molecular weight is 478 g/mol. The van der Waals surface area contributed by atoms with Crippen molar-refractivity contribution in [1.82, 2.24) is 9.97 Å². The van der Waals surface area contributed by atoms with Gasteiger partial charge in [0.15, 0.2) is 0 Å². The average Bonchev–Trinajstić information content (AvgIpc) is 2.76. The molecule has 12 heteroatoms. The van der Waals surface area contributed by atoms with E-state index in [1.54, 1.807) is 24.3 Å². The number of amides is 1. The smallest absolute Gasteiger partial charge is 0.325 e. The fraction of sp³-hybridized carbons (Fsp3) is 0.190. The lowest BCUT2D eigenvalue weighted by Gasteiger charge is -2.10. The highest BCUT2D eigenvalue weighted by Crippen LogP contribution is 2.36. The Labute approximate surface area is 189 Å². The number of carbonyl (C=O) groups is 1. The molecule has 0 aliphatic rings. The van der Waals surface area contributed by atoms with Gasteiger partial charge in [-0.2, -0.15) is 13.2 Å². The summed E-state index contributed by atoms with van der Waals surface area (Å²) in [4.78, 5) is 41.3. The molecule has 1 heterocycles. The summed E-state index contributed by atoms with van der Waals surface area (Å²) in [7, 11) is 0. The van der Waals surface area contributed by atoms with Crippen molar-refractivity contribution >= 4 is 29.0 Å². The van der Waals surface area contributed by atoms with E-state index in [1.165, 1.54) is 6.07 Å². The first kappa shape index (κ1) is 24.0. The molecule has 0 bridgehead atoms. The summed E-state index contributed by atoms with van der Waals surface area (Å²) in [5, 5.41) is 13.8. The van der Waals surface area contributed by atoms with E-state index in [-0.39, 0.29) is 16.2 Å². The van der Waals surface area contributed by atoms with Crippen molar-refractivity contribution in [3.63, 3.8) is 0 Å². The molecular formula is C21H17F3N4O4S. The number of carbonyl (C=O) groups excluding carboxylic acids is 1. The number of H-pyrrole nitrogens is 1. The van der Waals surface area contributed by atoms with Gasteiger partial charge >= 0.3 is 6.18 Å². The van der Waals surface area contributed by atoms with Gasteiger partial charge in [-0.05, 0) is 30.7 Å². The number of aryl methyl sites for hydroxylation is 1. The third-order valence-electron chi connectivity index (χ3n) is 4.42. The van der Waals surface area contributed by atoms with Crippen molar-refractivity contribution in [3.8, 4) is 11.4 Å². The Morgan fingerprint density at radius 2 is 1.97 bits per heavy atom. The van der Waals surface area contributed by atoms with Gasteiger partial charge in [-0.25, -0.2) is 4.98 Å². The Kier molecular flexibility index (Phi) is 7.16. The molecule has 0 saturated heterocycles. The second kappa shape index (κ2) is 9.86. The molecule has 172 valence electrons. The molecular weight excluding hydrogens is 461 g/mol. The quantitative estimate of drug-likeness (QED) is 0.290. The van der Waals surface area contributed by atoms with Crippen LogP contribution in [-0.4, -0.2) is 26.6 Å². The van der Waals surface area contributed by atoms with Crippen LogP contribution in [0.1, 0.15) is 18.2 Å². The van der Waals surface area contributed by atoms with Crippen molar-refractivity contribution < 1.29 is 22.9 Å². The minimum absolute atomic E-state index is 0.0601. The number of nitrogens with zero attached hydrogens (tertiary/aromatic N) is 2. The largest absolute Gasteiger partial charge is 0.416 e. The highest BCUT2D eigenvalue weighted by molar-refractivity contribution is 8.00. The zero-order valence-electron chi connectivity index (χ0n) is 17.1. The number of hydrogen-bond acceptors (Lipinski definition) is 6. The van der Waals surface area contributed by atoms with E-state index < -0.39 is 28.3 Å². The number of rotatable bonds is 7. The summed E-state index contributed by atoms with van der Waals surface area (Å²) >= 11 is 0.749. The van der Waals surface area contributed by atoms with Crippen LogP contribution in [0.4, 0.5) is 24.5 Å². The summed E-state index contributed by atoms with van der Waals surface area (Å²) < 4.78 is 38.5. The van der Waals surface area contributed by atoms with Crippen LogP contribution in [0, 0.1) is 10.1 Å². The first-order chi connectivity index (χ1) is 15.6. The van der Waals surface area contributed by atoms with Crippen LogP contribution >= 0.6 is 11.8 Å². The van der Waals surface area contributed by atoms with Crippen molar-refractivity contribution in [1.29, 1.82) is 0 Å². The maximum atomic E-state index is 12.8. The zero-order chi connectivity index (χ0) is 24.2. The molecule has 3 rings (SSSR count). The maximum Gasteiger partial charge on any atom is 0.416 e. The van der Waals surface area contributed by atoms with E-state index in [0.717, 1.165) is 23.9 Å². The van der Waals surface area contributed by atoms with E-state index in [9.17, 15) is 32.9 Å². The second-order valence-corrected chi connectivity index (χ2v) is 7.81. The van der Waals surface area contributed by atoms with Gasteiger partial charge in [-0.15, -0.1) is 11.8 Å². The lowest BCUT2D eigenvalue weighted by Crippen LogP contribution is -2.14. The summed E-state index contributed by atoms with van der Waals surface area (Å²) in [5.74, 6) is -0.447. The summed E-state index contributed by atoms with van der Waals surface area (Å²) in [6.45, 7) is 1.86. The molecule has 2 N–H and O–H groups in total.